The second-order valence-electron chi connectivity index (χ2n) is 7.16. The van der Waals surface area contributed by atoms with E-state index in [4.69, 9.17) is 17.0 Å². The second-order valence-corrected chi connectivity index (χ2v) is 7.57. The number of aromatic nitrogens is 2. The van der Waals surface area contributed by atoms with Crippen LogP contribution in [0.15, 0.2) is 54.2 Å². The number of hydrogen-bond acceptors (Lipinski definition) is 7. The van der Waals surface area contributed by atoms with Crippen LogP contribution in [-0.2, 0) is 9.59 Å². The Morgan fingerprint density at radius 3 is 2.33 bits per heavy atom. The van der Waals surface area contributed by atoms with Crippen LogP contribution in [-0.4, -0.2) is 31.4 Å². The summed E-state index contributed by atoms with van der Waals surface area (Å²) >= 11 is 4.82. The number of nitrogens with one attached hydrogen (secondary N) is 2. The van der Waals surface area contributed by atoms with E-state index in [1.165, 1.54) is 18.2 Å². The number of thiocarbonyl (C=S) groups is 1. The van der Waals surface area contributed by atoms with Crippen LogP contribution >= 0.6 is 12.2 Å². The lowest BCUT2D eigenvalue weighted by Gasteiger charge is -2.16. The topological polar surface area (TPSA) is 128 Å². The monoisotopic (exact) mass is 463 g/mol. The maximum Gasteiger partial charge on any atom is 0.287 e. The number of ether oxygens (including phenoxy) is 1. The molecule has 0 atom stereocenters. The number of benzene rings is 1. The molecule has 11 heteroatoms. The minimum Gasteiger partial charge on any atom is -0.439 e. The van der Waals surface area contributed by atoms with Gasteiger partial charge in [0.25, 0.3) is 17.5 Å². The van der Waals surface area contributed by atoms with Crippen molar-refractivity contribution >= 4 is 40.9 Å². The molecule has 1 aliphatic heterocycles. The number of hydrogen-bond donors (Lipinski definition) is 2. The molecular weight excluding hydrogens is 446 g/mol. The number of carbonyl (C=O) groups is 2. The van der Waals surface area contributed by atoms with E-state index in [1.807, 2.05) is 36.6 Å². The summed E-state index contributed by atoms with van der Waals surface area (Å²) < 4.78 is 7.63. The fraction of sp³-hybridized carbons (Fsp3) is 0.0909. The molecule has 0 saturated carbocycles. The first-order chi connectivity index (χ1) is 15.7. The largest absolute Gasteiger partial charge is 0.439 e. The summed E-state index contributed by atoms with van der Waals surface area (Å²) in [5.41, 5.74) is 3.15. The van der Waals surface area contributed by atoms with Crippen LogP contribution in [0.5, 0.6) is 11.6 Å². The Bertz CT molecular complexity index is 1300. The molecule has 1 aromatic carbocycles. The highest BCUT2D eigenvalue weighted by molar-refractivity contribution is 7.80. The average Bonchev–Trinajstić information content (AvgIpc) is 3.04. The number of aryl methyl sites for hydroxylation is 1. The van der Waals surface area contributed by atoms with Gasteiger partial charge in [-0.2, -0.15) is 0 Å². The molecule has 2 N–H and O–H groups in total. The number of pyridine rings is 1. The first-order valence-corrected chi connectivity index (χ1v) is 10.1. The summed E-state index contributed by atoms with van der Waals surface area (Å²) in [4.78, 5) is 38.4. The van der Waals surface area contributed by atoms with Crippen LogP contribution in [0.25, 0.3) is 11.8 Å². The fourth-order valence-corrected chi connectivity index (χ4v) is 3.60. The van der Waals surface area contributed by atoms with Crippen molar-refractivity contribution in [1.82, 2.24) is 20.2 Å². The Labute approximate surface area is 193 Å². The molecular formula is C22H17N5O5S. The van der Waals surface area contributed by atoms with E-state index < -0.39 is 16.7 Å². The predicted molar refractivity (Wildman–Crippen MR) is 123 cm³/mol. The SMILES string of the molecule is Cc1cc(C=C2C(=O)NC(=S)NC2=O)c(C)n1-c1ccc(Oc2ccc([N+](=O)[O-])cn2)cc1. The van der Waals surface area contributed by atoms with Gasteiger partial charge in [-0.15, -0.1) is 0 Å². The molecule has 33 heavy (non-hydrogen) atoms. The van der Waals surface area contributed by atoms with Gasteiger partial charge in [0.15, 0.2) is 5.11 Å². The van der Waals surface area contributed by atoms with Gasteiger partial charge in [0.2, 0.25) is 5.88 Å². The molecule has 2 amide bonds. The summed E-state index contributed by atoms with van der Waals surface area (Å²) in [5.74, 6) is -0.347. The highest BCUT2D eigenvalue weighted by Crippen LogP contribution is 2.26. The van der Waals surface area contributed by atoms with Crippen molar-refractivity contribution in [3.8, 4) is 17.3 Å². The lowest BCUT2D eigenvalue weighted by atomic mass is 10.1. The first kappa shape index (κ1) is 21.8. The predicted octanol–water partition coefficient (Wildman–Crippen LogP) is 3.10. The van der Waals surface area contributed by atoms with Gasteiger partial charge in [-0.25, -0.2) is 4.98 Å². The number of rotatable bonds is 5. The van der Waals surface area contributed by atoms with E-state index in [2.05, 4.69) is 15.6 Å². The van der Waals surface area contributed by atoms with Gasteiger partial charge in [-0.3, -0.25) is 30.3 Å². The maximum atomic E-state index is 12.1. The van der Waals surface area contributed by atoms with Gasteiger partial charge in [0.05, 0.1) is 4.92 Å². The first-order valence-electron chi connectivity index (χ1n) is 9.69. The molecule has 1 aliphatic rings. The molecule has 2 aromatic heterocycles. The molecule has 4 rings (SSSR count). The normalized spacial score (nSPS) is 13.4. The number of carbonyl (C=O) groups excluding carboxylic acids is 2. The van der Waals surface area contributed by atoms with Gasteiger partial charge >= 0.3 is 0 Å². The molecule has 166 valence electrons. The van der Waals surface area contributed by atoms with E-state index in [0.717, 1.165) is 28.8 Å². The van der Waals surface area contributed by atoms with Gasteiger partial charge in [-0.1, -0.05) is 0 Å². The zero-order chi connectivity index (χ0) is 23.7. The third-order valence-electron chi connectivity index (χ3n) is 4.96. The van der Waals surface area contributed by atoms with E-state index in [1.54, 1.807) is 12.1 Å². The third-order valence-corrected chi connectivity index (χ3v) is 5.17. The van der Waals surface area contributed by atoms with Gasteiger partial charge < -0.3 is 9.30 Å². The molecule has 10 nitrogen and oxygen atoms in total. The zero-order valence-electron chi connectivity index (χ0n) is 17.5. The fourth-order valence-electron chi connectivity index (χ4n) is 3.42. The van der Waals surface area contributed by atoms with Crippen LogP contribution < -0.4 is 15.4 Å². The summed E-state index contributed by atoms with van der Waals surface area (Å²) in [6.07, 6.45) is 2.66. The van der Waals surface area contributed by atoms with Gasteiger partial charge in [-0.05, 0) is 68.0 Å². The molecule has 0 radical (unpaired) electrons. The molecule has 3 aromatic rings. The minimum atomic E-state index is -0.546. The number of nitro groups is 1. The quantitative estimate of drug-likeness (QED) is 0.196. The molecule has 0 aliphatic carbocycles. The van der Waals surface area contributed by atoms with Gasteiger partial charge in [0, 0.05) is 29.2 Å². The second kappa shape index (κ2) is 8.63. The lowest BCUT2D eigenvalue weighted by molar-refractivity contribution is -0.385. The maximum absolute atomic E-state index is 12.1. The molecule has 0 bridgehead atoms. The Hall–Kier alpha value is -4.38. The molecule has 1 fully saturated rings. The molecule has 1 saturated heterocycles. The van der Waals surface area contributed by atoms with Crippen LogP contribution in [0.3, 0.4) is 0 Å². The van der Waals surface area contributed by atoms with Crippen molar-refractivity contribution in [2.75, 3.05) is 0 Å². The average molecular weight is 463 g/mol. The Morgan fingerprint density at radius 1 is 1.09 bits per heavy atom. The van der Waals surface area contributed by atoms with Crippen LogP contribution in [0.4, 0.5) is 5.69 Å². The van der Waals surface area contributed by atoms with Crippen molar-refractivity contribution in [3.05, 3.63) is 81.3 Å². The van der Waals surface area contributed by atoms with Crippen molar-refractivity contribution in [2.24, 2.45) is 0 Å². The Kier molecular flexibility index (Phi) is 5.71. The smallest absolute Gasteiger partial charge is 0.287 e. The van der Waals surface area contributed by atoms with Crippen molar-refractivity contribution in [3.63, 3.8) is 0 Å². The molecule has 0 unspecified atom stereocenters. The van der Waals surface area contributed by atoms with Crippen molar-refractivity contribution < 1.29 is 19.2 Å². The third kappa shape index (κ3) is 4.48. The van der Waals surface area contributed by atoms with E-state index >= 15 is 0 Å². The van der Waals surface area contributed by atoms with Crippen LogP contribution in [0.1, 0.15) is 17.0 Å². The molecule has 0 spiro atoms. The van der Waals surface area contributed by atoms with Crippen LogP contribution in [0, 0.1) is 24.0 Å². The Balaban J connectivity index is 1.57. The summed E-state index contributed by atoms with van der Waals surface area (Å²) in [5, 5.41) is 15.6. The van der Waals surface area contributed by atoms with E-state index in [9.17, 15) is 19.7 Å². The lowest BCUT2D eigenvalue weighted by Crippen LogP contribution is -2.51. The highest BCUT2D eigenvalue weighted by Gasteiger charge is 2.26. The zero-order valence-corrected chi connectivity index (χ0v) is 18.3. The number of amides is 2. The minimum absolute atomic E-state index is 0.0149. The van der Waals surface area contributed by atoms with E-state index in [0.29, 0.717) is 5.75 Å². The number of nitrogens with zero attached hydrogens (tertiary/aromatic N) is 3. The summed E-state index contributed by atoms with van der Waals surface area (Å²) in [7, 11) is 0. The standard InChI is InChI=1S/C22H17N5O5S/c1-12-9-14(10-18-20(28)24-22(33)25-21(18)29)13(2)26(12)15-3-6-17(7-4-15)32-19-8-5-16(11-23-19)27(30)31/h3-11H,1-2H3,(H2,24,25,28,29,33). The summed E-state index contributed by atoms with van der Waals surface area (Å²) in [6, 6.07) is 11.8. The van der Waals surface area contributed by atoms with Crippen molar-refractivity contribution in [2.45, 2.75) is 13.8 Å². The van der Waals surface area contributed by atoms with Gasteiger partial charge in [0.1, 0.15) is 17.5 Å². The van der Waals surface area contributed by atoms with Crippen LogP contribution in [0.2, 0.25) is 0 Å². The highest BCUT2D eigenvalue weighted by atomic mass is 32.1. The summed E-state index contributed by atoms with van der Waals surface area (Å²) in [6.45, 7) is 3.80. The molecule has 3 heterocycles. The van der Waals surface area contributed by atoms with E-state index in [-0.39, 0.29) is 22.3 Å². The van der Waals surface area contributed by atoms with Crippen molar-refractivity contribution in [1.29, 1.82) is 0 Å². The Morgan fingerprint density at radius 2 is 1.76 bits per heavy atom.